The molecule has 4 rings (SSSR count). The van der Waals surface area contributed by atoms with Crippen molar-refractivity contribution in [3.8, 4) is 22.2 Å². The van der Waals surface area contributed by atoms with Gasteiger partial charge in [0.15, 0.2) is 0 Å². The fourth-order valence-electron chi connectivity index (χ4n) is 4.04. The lowest BCUT2D eigenvalue weighted by Gasteiger charge is -2.31. The molecule has 1 amide bonds. The number of nitrogens with zero attached hydrogens (tertiary/aromatic N) is 3. The molecule has 1 N–H and O–H groups in total. The first kappa shape index (κ1) is 21.7. The SMILES string of the molecule is Cc1ccc(-c2nc(-c3ccc(C(=O)NCCCN(C)C4CCCCC4)s3)no2)cc1. The molecule has 0 spiro atoms. The number of aromatic nitrogens is 2. The first-order valence-electron chi connectivity index (χ1n) is 11.1. The molecule has 0 unspecified atom stereocenters. The van der Waals surface area contributed by atoms with Gasteiger partial charge < -0.3 is 14.7 Å². The Morgan fingerprint density at radius 2 is 1.94 bits per heavy atom. The van der Waals surface area contributed by atoms with E-state index in [-0.39, 0.29) is 5.91 Å². The lowest BCUT2D eigenvalue weighted by atomic mass is 9.94. The second-order valence-corrected chi connectivity index (χ2v) is 9.42. The van der Waals surface area contributed by atoms with Gasteiger partial charge in [0.2, 0.25) is 5.82 Å². The van der Waals surface area contributed by atoms with E-state index in [0.717, 1.165) is 23.4 Å². The molecule has 2 aromatic heterocycles. The maximum absolute atomic E-state index is 12.5. The van der Waals surface area contributed by atoms with E-state index in [0.29, 0.717) is 29.2 Å². The fourth-order valence-corrected chi connectivity index (χ4v) is 4.89. The molecule has 1 fully saturated rings. The van der Waals surface area contributed by atoms with Crippen molar-refractivity contribution in [2.75, 3.05) is 20.1 Å². The van der Waals surface area contributed by atoms with Crippen LogP contribution in [-0.4, -0.2) is 47.1 Å². The van der Waals surface area contributed by atoms with Crippen LogP contribution in [0.4, 0.5) is 0 Å². The van der Waals surface area contributed by atoms with Crippen LogP contribution >= 0.6 is 11.3 Å². The van der Waals surface area contributed by atoms with Gasteiger partial charge >= 0.3 is 0 Å². The second kappa shape index (κ2) is 10.2. The molecule has 7 heteroatoms. The Hall–Kier alpha value is -2.51. The number of hydrogen-bond donors (Lipinski definition) is 1. The number of hydrogen-bond acceptors (Lipinski definition) is 6. The maximum atomic E-state index is 12.5. The zero-order valence-corrected chi connectivity index (χ0v) is 19.1. The second-order valence-electron chi connectivity index (χ2n) is 8.33. The van der Waals surface area contributed by atoms with Gasteiger partial charge in [-0.15, -0.1) is 11.3 Å². The Kier molecular flexibility index (Phi) is 7.14. The van der Waals surface area contributed by atoms with Gasteiger partial charge in [0, 0.05) is 18.2 Å². The third-order valence-electron chi connectivity index (χ3n) is 5.95. The summed E-state index contributed by atoms with van der Waals surface area (Å²) in [6.45, 7) is 3.74. The number of benzene rings is 1. The summed E-state index contributed by atoms with van der Waals surface area (Å²) in [5, 5.41) is 7.12. The number of aryl methyl sites for hydroxylation is 1. The molecule has 0 bridgehead atoms. The smallest absolute Gasteiger partial charge is 0.261 e. The summed E-state index contributed by atoms with van der Waals surface area (Å²) in [4.78, 5) is 20.9. The number of carbonyl (C=O) groups is 1. The Bertz CT molecular complexity index is 989. The Labute approximate surface area is 187 Å². The predicted molar refractivity (Wildman–Crippen MR) is 124 cm³/mol. The highest BCUT2D eigenvalue weighted by Crippen LogP contribution is 2.28. The number of nitrogens with one attached hydrogen (secondary N) is 1. The van der Waals surface area contributed by atoms with Gasteiger partial charge in [0.1, 0.15) is 0 Å². The van der Waals surface area contributed by atoms with E-state index in [9.17, 15) is 4.79 Å². The summed E-state index contributed by atoms with van der Waals surface area (Å²) >= 11 is 1.38. The number of thiophene rings is 1. The van der Waals surface area contributed by atoms with E-state index < -0.39 is 0 Å². The highest BCUT2D eigenvalue weighted by Gasteiger charge is 2.18. The Balaban J connectivity index is 1.27. The van der Waals surface area contributed by atoms with Crippen molar-refractivity contribution in [3.63, 3.8) is 0 Å². The molecule has 1 aromatic carbocycles. The lowest BCUT2D eigenvalue weighted by molar-refractivity contribution is 0.0954. The largest absolute Gasteiger partial charge is 0.351 e. The van der Waals surface area contributed by atoms with Crippen molar-refractivity contribution in [2.24, 2.45) is 0 Å². The third kappa shape index (κ3) is 5.60. The van der Waals surface area contributed by atoms with E-state index in [1.807, 2.05) is 43.3 Å². The molecule has 1 aliphatic carbocycles. The fraction of sp³-hybridized carbons (Fsp3) is 0.458. The van der Waals surface area contributed by atoms with Crippen LogP contribution in [0, 0.1) is 6.92 Å². The van der Waals surface area contributed by atoms with E-state index >= 15 is 0 Å². The van der Waals surface area contributed by atoms with E-state index in [2.05, 4.69) is 27.4 Å². The van der Waals surface area contributed by atoms with Gasteiger partial charge in [-0.1, -0.05) is 42.1 Å². The molecule has 6 nitrogen and oxygen atoms in total. The number of carbonyl (C=O) groups excluding carboxylic acids is 1. The normalized spacial score (nSPS) is 14.8. The molecule has 0 atom stereocenters. The van der Waals surface area contributed by atoms with Gasteiger partial charge in [0.05, 0.1) is 9.75 Å². The van der Waals surface area contributed by atoms with Crippen LogP contribution < -0.4 is 5.32 Å². The zero-order valence-electron chi connectivity index (χ0n) is 18.3. The van der Waals surface area contributed by atoms with Crippen LogP contribution in [0.5, 0.6) is 0 Å². The minimum absolute atomic E-state index is 0.0428. The van der Waals surface area contributed by atoms with Crippen molar-refractivity contribution in [1.82, 2.24) is 20.4 Å². The molecule has 1 saturated carbocycles. The van der Waals surface area contributed by atoms with Crippen LogP contribution in [0.3, 0.4) is 0 Å². The van der Waals surface area contributed by atoms with E-state index in [1.165, 1.54) is 49.0 Å². The molecule has 164 valence electrons. The zero-order chi connectivity index (χ0) is 21.6. The van der Waals surface area contributed by atoms with Gasteiger partial charge in [-0.05, 0) is 64.0 Å². The average molecular weight is 439 g/mol. The van der Waals surface area contributed by atoms with Crippen LogP contribution in [0.2, 0.25) is 0 Å². The summed E-state index contributed by atoms with van der Waals surface area (Å²) < 4.78 is 5.41. The topological polar surface area (TPSA) is 71.3 Å². The van der Waals surface area contributed by atoms with Crippen molar-refractivity contribution < 1.29 is 9.32 Å². The molecule has 2 heterocycles. The van der Waals surface area contributed by atoms with Crippen LogP contribution in [0.25, 0.3) is 22.2 Å². The summed E-state index contributed by atoms with van der Waals surface area (Å²) in [5.74, 6) is 0.948. The van der Waals surface area contributed by atoms with Crippen molar-refractivity contribution >= 4 is 17.2 Å². The number of rotatable bonds is 8. The Morgan fingerprint density at radius 3 is 2.71 bits per heavy atom. The molecule has 1 aliphatic rings. The van der Waals surface area contributed by atoms with Crippen LogP contribution in [0.15, 0.2) is 40.9 Å². The first-order valence-corrected chi connectivity index (χ1v) is 11.9. The maximum Gasteiger partial charge on any atom is 0.261 e. The minimum atomic E-state index is -0.0428. The summed E-state index contributed by atoms with van der Waals surface area (Å²) in [6, 6.07) is 12.4. The Morgan fingerprint density at radius 1 is 1.16 bits per heavy atom. The first-order chi connectivity index (χ1) is 15.1. The molecule has 3 aromatic rings. The highest BCUT2D eigenvalue weighted by molar-refractivity contribution is 7.17. The lowest BCUT2D eigenvalue weighted by Crippen LogP contribution is -2.35. The van der Waals surface area contributed by atoms with Crippen molar-refractivity contribution in [1.29, 1.82) is 0 Å². The van der Waals surface area contributed by atoms with Gasteiger partial charge in [-0.2, -0.15) is 4.98 Å². The molecule has 0 saturated heterocycles. The predicted octanol–water partition coefficient (Wildman–Crippen LogP) is 5.16. The van der Waals surface area contributed by atoms with Crippen LogP contribution in [0.1, 0.15) is 53.8 Å². The molecule has 31 heavy (non-hydrogen) atoms. The molecular formula is C24H30N4O2S. The monoisotopic (exact) mass is 438 g/mol. The summed E-state index contributed by atoms with van der Waals surface area (Å²) in [6.07, 6.45) is 7.64. The van der Waals surface area contributed by atoms with Gasteiger partial charge in [0.25, 0.3) is 11.8 Å². The van der Waals surface area contributed by atoms with Crippen molar-refractivity contribution in [3.05, 3.63) is 46.8 Å². The van der Waals surface area contributed by atoms with Gasteiger partial charge in [-0.25, -0.2) is 0 Å². The third-order valence-corrected chi connectivity index (χ3v) is 7.03. The quantitative estimate of drug-likeness (QED) is 0.492. The van der Waals surface area contributed by atoms with Gasteiger partial charge in [-0.3, -0.25) is 4.79 Å². The standard InChI is InChI=1S/C24H30N4O2S/c1-17-9-11-18(12-10-17)24-26-22(27-30-24)20-13-14-21(31-20)23(29)25-15-6-16-28(2)19-7-4-3-5-8-19/h9-14,19H,3-8,15-16H2,1-2H3,(H,25,29). The molecular weight excluding hydrogens is 408 g/mol. The van der Waals surface area contributed by atoms with Crippen LogP contribution in [-0.2, 0) is 0 Å². The number of amides is 1. The summed E-state index contributed by atoms with van der Waals surface area (Å²) in [5.41, 5.74) is 2.06. The average Bonchev–Trinajstić information content (AvgIpc) is 3.47. The molecule has 0 radical (unpaired) electrons. The van der Waals surface area contributed by atoms with Crippen molar-refractivity contribution in [2.45, 2.75) is 51.5 Å². The van der Waals surface area contributed by atoms with E-state index in [1.54, 1.807) is 0 Å². The highest BCUT2D eigenvalue weighted by atomic mass is 32.1. The molecule has 0 aliphatic heterocycles. The summed E-state index contributed by atoms with van der Waals surface area (Å²) in [7, 11) is 2.21. The van der Waals surface area contributed by atoms with E-state index in [4.69, 9.17) is 4.52 Å². The minimum Gasteiger partial charge on any atom is -0.351 e.